The number of rotatable bonds is 6. The van der Waals surface area contributed by atoms with Gasteiger partial charge in [-0.3, -0.25) is 4.31 Å². The zero-order valence-corrected chi connectivity index (χ0v) is 15.6. The van der Waals surface area contributed by atoms with E-state index in [1.54, 1.807) is 54.6 Å². The monoisotopic (exact) mass is 377 g/mol. The average molecular weight is 377 g/mol. The largest absolute Gasteiger partial charge is 0.381 e. The van der Waals surface area contributed by atoms with Crippen molar-refractivity contribution in [2.75, 3.05) is 16.7 Å². The fourth-order valence-electron chi connectivity index (χ4n) is 2.68. The molecule has 1 N–H and O–H groups in total. The van der Waals surface area contributed by atoms with Crippen molar-refractivity contribution < 1.29 is 8.42 Å². The molecule has 0 spiro atoms. The molecule has 5 nitrogen and oxygen atoms in total. The van der Waals surface area contributed by atoms with E-state index in [2.05, 4.69) is 11.4 Å². The molecular formula is C21H19N3O2S. The van der Waals surface area contributed by atoms with Crippen LogP contribution in [0.2, 0.25) is 0 Å². The van der Waals surface area contributed by atoms with E-state index in [0.717, 1.165) is 5.56 Å². The number of hydrogen-bond donors (Lipinski definition) is 1. The number of anilines is 2. The van der Waals surface area contributed by atoms with Crippen molar-refractivity contribution >= 4 is 21.4 Å². The molecule has 0 radical (unpaired) electrons. The molecule has 0 aliphatic rings. The molecule has 27 heavy (non-hydrogen) atoms. The predicted octanol–water partition coefficient (Wildman–Crippen LogP) is 4.00. The van der Waals surface area contributed by atoms with Crippen LogP contribution in [0.15, 0.2) is 83.8 Å². The van der Waals surface area contributed by atoms with Crippen LogP contribution in [0.25, 0.3) is 0 Å². The summed E-state index contributed by atoms with van der Waals surface area (Å²) in [5, 5.41) is 12.4. The van der Waals surface area contributed by atoms with Gasteiger partial charge in [-0.1, -0.05) is 42.5 Å². The minimum Gasteiger partial charge on any atom is -0.381 e. The van der Waals surface area contributed by atoms with E-state index in [9.17, 15) is 13.7 Å². The average Bonchev–Trinajstić information content (AvgIpc) is 2.72. The third-order valence-corrected chi connectivity index (χ3v) is 6.01. The Balaban J connectivity index is 1.82. The van der Waals surface area contributed by atoms with Gasteiger partial charge in [0.05, 0.1) is 22.2 Å². The lowest BCUT2D eigenvalue weighted by Crippen LogP contribution is -2.26. The smallest absolute Gasteiger partial charge is 0.264 e. The first kappa shape index (κ1) is 18.5. The minimum atomic E-state index is -3.67. The van der Waals surface area contributed by atoms with E-state index >= 15 is 0 Å². The predicted molar refractivity (Wildman–Crippen MR) is 107 cm³/mol. The number of hydrogen-bond acceptors (Lipinski definition) is 4. The second-order valence-electron chi connectivity index (χ2n) is 5.96. The van der Waals surface area contributed by atoms with Crippen LogP contribution in [-0.4, -0.2) is 15.5 Å². The summed E-state index contributed by atoms with van der Waals surface area (Å²) in [6.07, 6.45) is 0. The summed E-state index contributed by atoms with van der Waals surface area (Å²) < 4.78 is 27.1. The Kier molecular flexibility index (Phi) is 5.43. The molecule has 0 amide bonds. The molecule has 3 aromatic rings. The number of nitrogens with zero attached hydrogens (tertiary/aromatic N) is 2. The fraction of sp³-hybridized carbons (Fsp3) is 0.0952. The van der Waals surface area contributed by atoms with Crippen molar-refractivity contribution in [2.45, 2.75) is 11.4 Å². The van der Waals surface area contributed by atoms with E-state index in [0.29, 0.717) is 23.5 Å². The van der Waals surface area contributed by atoms with Gasteiger partial charge < -0.3 is 5.32 Å². The van der Waals surface area contributed by atoms with Gasteiger partial charge in [0.15, 0.2) is 0 Å². The summed E-state index contributed by atoms with van der Waals surface area (Å²) in [5.41, 5.74) is 2.72. The minimum absolute atomic E-state index is 0.201. The van der Waals surface area contributed by atoms with Crippen LogP contribution in [0.3, 0.4) is 0 Å². The topological polar surface area (TPSA) is 73.2 Å². The van der Waals surface area contributed by atoms with Crippen LogP contribution in [-0.2, 0) is 16.6 Å². The van der Waals surface area contributed by atoms with Gasteiger partial charge in [-0.25, -0.2) is 8.42 Å². The van der Waals surface area contributed by atoms with E-state index in [1.807, 2.05) is 24.3 Å². The summed E-state index contributed by atoms with van der Waals surface area (Å²) in [6, 6.07) is 25.1. The summed E-state index contributed by atoms with van der Waals surface area (Å²) in [5.74, 6) is 0. The quantitative estimate of drug-likeness (QED) is 0.705. The Labute approximate surface area is 159 Å². The highest BCUT2D eigenvalue weighted by molar-refractivity contribution is 7.92. The van der Waals surface area contributed by atoms with Gasteiger partial charge in [-0.15, -0.1) is 0 Å². The zero-order valence-electron chi connectivity index (χ0n) is 14.8. The highest BCUT2D eigenvalue weighted by atomic mass is 32.2. The molecule has 0 aliphatic carbocycles. The highest BCUT2D eigenvalue weighted by Gasteiger charge is 2.21. The Hall–Kier alpha value is -3.30. The molecule has 6 heteroatoms. The maximum atomic E-state index is 12.9. The second kappa shape index (κ2) is 7.94. The molecular weight excluding hydrogens is 358 g/mol. The standard InChI is InChI=1S/C21H19N3O2S/c1-24(20-11-3-2-4-12-20)27(25,26)21-13-7-10-19(14-21)23-16-18-9-6-5-8-17(18)15-22/h2-14,23H,16H2,1H3. The molecule has 0 unspecified atom stereocenters. The molecule has 136 valence electrons. The summed E-state index contributed by atoms with van der Waals surface area (Å²) in [4.78, 5) is 0.201. The number of para-hydroxylation sites is 1. The lowest BCUT2D eigenvalue weighted by atomic mass is 10.1. The van der Waals surface area contributed by atoms with Crippen molar-refractivity contribution in [3.05, 3.63) is 90.0 Å². The van der Waals surface area contributed by atoms with Crippen molar-refractivity contribution in [1.82, 2.24) is 0 Å². The Bertz CT molecular complexity index is 1070. The summed E-state index contributed by atoms with van der Waals surface area (Å²) in [7, 11) is -2.13. The van der Waals surface area contributed by atoms with Crippen LogP contribution < -0.4 is 9.62 Å². The van der Waals surface area contributed by atoms with E-state index in [4.69, 9.17) is 0 Å². The van der Waals surface area contributed by atoms with Crippen LogP contribution in [0.5, 0.6) is 0 Å². The van der Waals surface area contributed by atoms with Gasteiger partial charge in [0.2, 0.25) is 0 Å². The third kappa shape index (κ3) is 4.10. The highest BCUT2D eigenvalue weighted by Crippen LogP contribution is 2.24. The Morgan fingerprint density at radius 3 is 2.41 bits per heavy atom. The van der Waals surface area contributed by atoms with Crippen LogP contribution in [0, 0.1) is 11.3 Å². The Morgan fingerprint density at radius 2 is 1.67 bits per heavy atom. The SMILES string of the molecule is CN(c1ccccc1)S(=O)(=O)c1cccc(NCc2ccccc2C#N)c1. The Morgan fingerprint density at radius 1 is 0.963 bits per heavy atom. The first-order valence-corrected chi connectivity index (χ1v) is 9.82. The van der Waals surface area contributed by atoms with Crippen LogP contribution in [0.1, 0.15) is 11.1 Å². The van der Waals surface area contributed by atoms with E-state index in [1.165, 1.54) is 11.4 Å². The van der Waals surface area contributed by atoms with Crippen molar-refractivity contribution in [1.29, 1.82) is 5.26 Å². The second-order valence-corrected chi connectivity index (χ2v) is 7.93. The van der Waals surface area contributed by atoms with Gasteiger partial charge in [-0.2, -0.15) is 5.26 Å². The first-order chi connectivity index (χ1) is 13.0. The van der Waals surface area contributed by atoms with Gasteiger partial charge in [0.1, 0.15) is 0 Å². The lowest BCUT2D eigenvalue weighted by molar-refractivity contribution is 0.594. The third-order valence-electron chi connectivity index (χ3n) is 4.23. The number of benzene rings is 3. The summed E-state index contributed by atoms with van der Waals surface area (Å²) >= 11 is 0. The van der Waals surface area contributed by atoms with Crippen LogP contribution >= 0.6 is 0 Å². The molecule has 0 saturated heterocycles. The van der Waals surface area contributed by atoms with Crippen molar-refractivity contribution in [2.24, 2.45) is 0 Å². The lowest BCUT2D eigenvalue weighted by Gasteiger charge is -2.20. The van der Waals surface area contributed by atoms with Gasteiger partial charge in [-0.05, 0) is 42.0 Å². The van der Waals surface area contributed by atoms with Crippen molar-refractivity contribution in [3.63, 3.8) is 0 Å². The molecule has 0 atom stereocenters. The van der Waals surface area contributed by atoms with Crippen molar-refractivity contribution in [3.8, 4) is 6.07 Å². The van der Waals surface area contributed by atoms with E-state index in [-0.39, 0.29) is 4.90 Å². The van der Waals surface area contributed by atoms with Gasteiger partial charge in [0.25, 0.3) is 10.0 Å². The molecule has 3 rings (SSSR count). The molecule has 3 aromatic carbocycles. The molecule has 0 bridgehead atoms. The number of nitriles is 1. The number of nitrogens with one attached hydrogen (secondary N) is 1. The maximum Gasteiger partial charge on any atom is 0.264 e. The first-order valence-electron chi connectivity index (χ1n) is 8.38. The zero-order chi connectivity index (χ0) is 19.3. The molecule has 0 aromatic heterocycles. The molecule has 0 aliphatic heterocycles. The summed E-state index contributed by atoms with van der Waals surface area (Å²) in [6.45, 7) is 0.432. The van der Waals surface area contributed by atoms with Crippen LogP contribution in [0.4, 0.5) is 11.4 Å². The maximum absolute atomic E-state index is 12.9. The number of sulfonamides is 1. The molecule has 0 fully saturated rings. The molecule has 0 saturated carbocycles. The van der Waals surface area contributed by atoms with Gasteiger partial charge in [0, 0.05) is 19.3 Å². The van der Waals surface area contributed by atoms with Gasteiger partial charge >= 0.3 is 0 Å². The fourth-order valence-corrected chi connectivity index (χ4v) is 3.92. The van der Waals surface area contributed by atoms with E-state index < -0.39 is 10.0 Å². The normalized spacial score (nSPS) is 10.8. The molecule has 0 heterocycles.